The molecule has 1 saturated heterocycles. The first-order valence-corrected chi connectivity index (χ1v) is 8.76. The quantitative estimate of drug-likeness (QED) is 0.817. The molecule has 1 aliphatic rings. The van der Waals surface area contributed by atoms with Gasteiger partial charge in [0, 0.05) is 13.0 Å². The van der Waals surface area contributed by atoms with Gasteiger partial charge in [-0.3, -0.25) is 14.5 Å². The number of carbonyl (C=O) groups excluding carboxylic acids is 2. The van der Waals surface area contributed by atoms with Crippen LogP contribution in [0.2, 0.25) is 0 Å². The van der Waals surface area contributed by atoms with Crippen LogP contribution < -0.4 is 5.32 Å². The van der Waals surface area contributed by atoms with E-state index in [1.165, 1.54) is 0 Å². The maximum Gasteiger partial charge on any atom is 0.411 e. The van der Waals surface area contributed by atoms with E-state index in [-0.39, 0.29) is 25.9 Å². The van der Waals surface area contributed by atoms with E-state index in [0.717, 1.165) is 10.5 Å². The highest BCUT2D eigenvalue weighted by Crippen LogP contribution is 2.23. The maximum absolute atomic E-state index is 13.8. The molecule has 0 aromatic heterocycles. The van der Waals surface area contributed by atoms with Crippen molar-refractivity contribution in [1.29, 1.82) is 0 Å². The molecule has 2 rings (SSSR count). The zero-order valence-electron chi connectivity index (χ0n) is 15.7. The number of rotatable bonds is 5. The molecule has 0 radical (unpaired) electrons. The summed E-state index contributed by atoms with van der Waals surface area (Å²) in [7, 11) is 0. The van der Waals surface area contributed by atoms with Gasteiger partial charge in [0.1, 0.15) is 17.8 Å². The van der Waals surface area contributed by atoms with E-state index in [1.807, 2.05) is 0 Å². The number of nitrogens with one attached hydrogen (secondary N) is 1. The van der Waals surface area contributed by atoms with Crippen molar-refractivity contribution in [3.63, 3.8) is 0 Å². The van der Waals surface area contributed by atoms with Crippen LogP contribution in [-0.4, -0.2) is 52.3 Å². The Hall–Kier alpha value is -2.64. The maximum atomic E-state index is 13.8. The van der Waals surface area contributed by atoms with Gasteiger partial charge in [-0.25, -0.2) is 9.18 Å². The van der Waals surface area contributed by atoms with Crippen molar-refractivity contribution < 1.29 is 28.6 Å². The molecule has 7 nitrogen and oxygen atoms in total. The van der Waals surface area contributed by atoms with Crippen LogP contribution in [0.25, 0.3) is 0 Å². The molecule has 0 spiro atoms. The van der Waals surface area contributed by atoms with E-state index in [2.05, 4.69) is 5.32 Å². The van der Waals surface area contributed by atoms with Crippen LogP contribution in [-0.2, 0) is 27.3 Å². The van der Waals surface area contributed by atoms with Crippen LogP contribution in [0.4, 0.5) is 9.18 Å². The second kappa shape index (κ2) is 8.37. The molecular formula is C19H25FN2O5. The van der Waals surface area contributed by atoms with Gasteiger partial charge < -0.3 is 15.2 Å². The zero-order chi connectivity index (χ0) is 20.2. The highest BCUT2D eigenvalue weighted by Gasteiger charge is 2.41. The number of benzene rings is 1. The average Bonchev–Trinajstić information content (AvgIpc) is 2.94. The van der Waals surface area contributed by atoms with E-state index in [0.29, 0.717) is 5.56 Å². The van der Waals surface area contributed by atoms with E-state index in [9.17, 15) is 18.8 Å². The minimum absolute atomic E-state index is 0.0668. The molecule has 0 saturated carbocycles. The minimum Gasteiger partial charge on any atom is -0.481 e. The van der Waals surface area contributed by atoms with Crippen molar-refractivity contribution in [1.82, 2.24) is 10.2 Å². The lowest BCUT2D eigenvalue weighted by atomic mass is 10.1. The van der Waals surface area contributed by atoms with E-state index in [1.54, 1.807) is 45.0 Å². The molecule has 1 heterocycles. The molecular weight excluding hydrogens is 355 g/mol. The second-order valence-electron chi connectivity index (χ2n) is 7.59. The Balaban J connectivity index is 1.95. The molecule has 2 amide bonds. The molecule has 2 atom stereocenters. The number of carboxylic acids is 1. The number of carbonyl (C=O) groups is 3. The van der Waals surface area contributed by atoms with Gasteiger partial charge in [0.25, 0.3) is 0 Å². The number of aliphatic carboxylic acids is 1. The first-order valence-electron chi connectivity index (χ1n) is 8.76. The molecule has 2 N–H and O–H groups in total. The molecule has 1 aromatic carbocycles. The molecule has 27 heavy (non-hydrogen) atoms. The van der Waals surface area contributed by atoms with Crippen molar-refractivity contribution in [3.05, 3.63) is 35.4 Å². The van der Waals surface area contributed by atoms with Gasteiger partial charge in [-0.2, -0.15) is 0 Å². The van der Waals surface area contributed by atoms with E-state index >= 15 is 0 Å². The molecule has 0 aliphatic carbocycles. The fraction of sp³-hybridized carbons (Fsp3) is 0.526. The predicted octanol–water partition coefficient (Wildman–Crippen LogP) is 2.28. The van der Waals surface area contributed by atoms with Gasteiger partial charge in [-0.15, -0.1) is 0 Å². The molecule has 1 aromatic rings. The summed E-state index contributed by atoms with van der Waals surface area (Å²) < 4.78 is 19.1. The lowest BCUT2D eigenvalue weighted by Crippen LogP contribution is -2.47. The fourth-order valence-electron chi connectivity index (χ4n) is 2.81. The van der Waals surface area contributed by atoms with Crippen LogP contribution in [0, 0.1) is 0 Å². The van der Waals surface area contributed by atoms with Crippen LogP contribution in [0.3, 0.4) is 0 Å². The monoisotopic (exact) mass is 380 g/mol. The van der Waals surface area contributed by atoms with Crippen molar-refractivity contribution in [2.75, 3.05) is 6.54 Å². The Morgan fingerprint density at radius 2 is 1.81 bits per heavy atom. The Bertz CT molecular complexity index is 699. The average molecular weight is 380 g/mol. The summed E-state index contributed by atoms with van der Waals surface area (Å²) in [6.07, 6.45) is -2.12. The van der Waals surface area contributed by atoms with Crippen molar-refractivity contribution >= 4 is 18.0 Å². The van der Waals surface area contributed by atoms with Gasteiger partial charge in [0.15, 0.2) is 0 Å². The smallest absolute Gasteiger partial charge is 0.411 e. The van der Waals surface area contributed by atoms with Gasteiger partial charge in [-0.05, 0) is 31.9 Å². The number of halogens is 1. The van der Waals surface area contributed by atoms with Crippen molar-refractivity contribution in [2.45, 2.75) is 58.0 Å². The van der Waals surface area contributed by atoms with Crippen LogP contribution >= 0.6 is 0 Å². The van der Waals surface area contributed by atoms with Crippen LogP contribution in [0.1, 0.15) is 38.3 Å². The van der Waals surface area contributed by atoms with Gasteiger partial charge in [-0.1, -0.05) is 24.3 Å². The van der Waals surface area contributed by atoms with Crippen molar-refractivity contribution in [2.24, 2.45) is 0 Å². The van der Waals surface area contributed by atoms with Crippen LogP contribution in [0.5, 0.6) is 0 Å². The third-order valence-electron chi connectivity index (χ3n) is 4.03. The molecule has 8 heteroatoms. The van der Waals surface area contributed by atoms with Crippen molar-refractivity contribution in [3.8, 4) is 0 Å². The Morgan fingerprint density at radius 1 is 1.22 bits per heavy atom. The number of ether oxygens (including phenoxy) is 1. The van der Waals surface area contributed by atoms with E-state index < -0.39 is 35.8 Å². The number of nitrogens with zero attached hydrogens (tertiary/aromatic N) is 1. The molecule has 1 fully saturated rings. The van der Waals surface area contributed by atoms with Crippen LogP contribution in [0.15, 0.2) is 24.3 Å². The Labute approximate surface area is 157 Å². The summed E-state index contributed by atoms with van der Waals surface area (Å²) in [5.74, 6) is -1.36. The number of carboxylic acid groups (broad SMARTS) is 1. The topological polar surface area (TPSA) is 95.9 Å². The normalized spacial score (nSPS) is 19.6. The SMILES string of the molecule is CC(C)(C)OC(=O)N1C[C@@H](F)C[C@@H]1C(=O)NCc1ccc(CC(=O)O)cc1. The van der Waals surface area contributed by atoms with E-state index in [4.69, 9.17) is 9.84 Å². The standard InChI is InChI=1S/C19H25FN2O5/c1-19(2,3)27-18(26)22-11-14(20)9-15(22)17(25)21-10-13-6-4-12(5-7-13)8-16(23)24/h4-7,14-15H,8-11H2,1-3H3,(H,21,25)(H,23,24)/t14-,15+/m0/s1. The summed E-state index contributed by atoms with van der Waals surface area (Å²) in [6, 6.07) is 5.88. The number of likely N-dealkylation sites (tertiary alicyclic amines) is 1. The molecule has 0 bridgehead atoms. The first-order chi connectivity index (χ1) is 12.5. The largest absolute Gasteiger partial charge is 0.481 e. The number of hydrogen-bond donors (Lipinski definition) is 2. The fourth-order valence-corrected chi connectivity index (χ4v) is 2.81. The highest BCUT2D eigenvalue weighted by atomic mass is 19.1. The second-order valence-corrected chi connectivity index (χ2v) is 7.59. The predicted molar refractivity (Wildman–Crippen MR) is 95.9 cm³/mol. The summed E-state index contributed by atoms with van der Waals surface area (Å²) >= 11 is 0. The Morgan fingerprint density at radius 3 is 2.37 bits per heavy atom. The van der Waals surface area contributed by atoms with Gasteiger partial charge in [0.05, 0.1) is 13.0 Å². The number of amides is 2. The molecule has 1 aliphatic heterocycles. The lowest BCUT2D eigenvalue weighted by molar-refractivity contribution is -0.136. The Kier molecular flexibility index (Phi) is 6.41. The van der Waals surface area contributed by atoms with Gasteiger partial charge >= 0.3 is 12.1 Å². The first kappa shape index (κ1) is 20.7. The van der Waals surface area contributed by atoms with Gasteiger partial charge in [0.2, 0.25) is 5.91 Å². The summed E-state index contributed by atoms with van der Waals surface area (Å²) in [5, 5.41) is 11.5. The summed E-state index contributed by atoms with van der Waals surface area (Å²) in [5.41, 5.74) is 0.699. The summed E-state index contributed by atoms with van der Waals surface area (Å²) in [4.78, 5) is 36.5. The lowest BCUT2D eigenvalue weighted by Gasteiger charge is -2.27. The summed E-state index contributed by atoms with van der Waals surface area (Å²) in [6.45, 7) is 5.14. The number of hydrogen-bond acceptors (Lipinski definition) is 4. The zero-order valence-corrected chi connectivity index (χ0v) is 15.7. The number of alkyl halides is 1. The third kappa shape index (κ3) is 6.23. The highest BCUT2D eigenvalue weighted by molar-refractivity contribution is 5.86. The third-order valence-corrected chi connectivity index (χ3v) is 4.03. The molecule has 0 unspecified atom stereocenters. The minimum atomic E-state index is -1.27. The molecule has 148 valence electrons.